The van der Waals surface area contributed by atoms with Crippen LogP contribution >= 0.6 is 23.2 Å². The number of fused-ring (bicyclic) bond motifs is 2. The number of halogens is 2. The Kier molecular flexibility index (Phi) is 8.89. The average molecular weight is 726 g/mol. The van der Waals surface area contributed by atoms with Crippen molar-refractivity contribution in [3.8, 4) is 0 Å². The number of imide groups is 1. The summed E-state index contributed by atoms with van der Waals surface area (Å²) in [5, 5.41) is 5.56. The normalized spacial score (nSPS) is 17.3. The number of imidazole rings is 1. The Morgan fingerprint density at radius 2 is 1.56 bits per heavy atom. The molecule has 0 spiro atoms. The number of carbonyl (C=O) groups is 4. The van der Waals surface area contributed by atoms with E-state index < -0.39 is 53.8 Å². The van der Waals surface area contributed by atoms with Gasteiger partial charge in [-0.3, -0.25) is 43.8 Å². The highest BCUT2D eigenvalue weighted by Gasteiger charge is 2.48. The molecule has 1 aromatic carbocycles. The maximum absolute atomic E-state index is 13.2. The maximum Gasteiger partial charge on any atom is 0.332 e. The summed E-state index contributed by atoms with van der Waals surface area (Å²) in [6.07, 6.45) is 3.02. The second kappa shape index (κ2) is 13.1. The third kappa shape index (κ3) is 6.16. The van der Waals surface area contributed by atoms with Crippen molar-refractivity contribution in [2.45, 2.75) is 18.8 Å². The van der Waals surface area contributed by atoms with E-state index in [1.807, 2.05) is 0 Å². The monoisotopic (exact) mass is 724 g/mol. The Morgan fingerprint density at radius 3 is 2.22 bits per heavy atom. The van der Waals surface area contributed by atoms with Crippen LogP contribution in [0.15, 0.2) is 44.1 Å². The molecule has 2 N–H and O–H groups in total. The predicted molar refractivity (Wildman–Crippen MR) is 180 cm³/mol. The van der Waals surface area contributed by atoms with Gasteiger partial charge in [0, 0.05) is 40.0 Å². The number of likely N-dealkylation sites (N-methyl/N-ethyl adjacent to an activating group) is 2. The standard InChI is InChI=1S/C28H26Cl2N14O6/c1-39-20-18(22(47)41(3)27(39)49)43(11-32-20)9-16(45)34-25-36-24(31-8-13-14(29)6-5-7-15(13)30)37-26(38-25)35-17(46)10-44-12-33-21-19(44)23(48)42(4)28(50)40(21)2/h5-8,11-12,18,20H,9-10H2,1-4H3,(H2,34,35,36,37,38,45,46)/b31-8+. The third-order valence-electron chi connectivity index (χ3n) is 7.87. The van der Waals surface area contributed by atoms with E-state index in [2.05, 4.69) is 40.6 Å². The Hall–Kier alpha value is -6.02. The molecule has 0 bridgehead atoms. The van der Waals surface area contributed by atoms with Gasteiger partial charge in [-0.25, -0.2) is 24.6 Å². The number of aliphatic imine (C=N–C) groups is 2. The lowest BCUT2D eigenvalue weighted by molar-refractivity contribution is -0.136. The first-order valence-corrected chi connectivity index (χ1v) is 15.3. The third-order valence-corrected chi connectivity index (χ3v) is 8.53. The SMILES string of the molecule is CN1C(=O)C2C(N=CN2CC(=O)Nc2nc(/N=C/c3c(Cl)cccc3Cl)nc(NC(=O)Cn3cnc4c3c(=O)n(C)c(=O)n4C)n2)N(C)C1=O. The molecule has 22 heteroatoms. The molecule has 5 heterocycles. The van der Waals surface area contributed by atoms with E-state index >= 15 is 0 Å². The summed E-state index contributed by atoms with van der Waals surface area (Å²) in [5.74, 6) is -2.81. The van der Waals surface area contributed by atoms with Crippen molar-refractivity contribution in [1.82, 2.24) is 48.3 Å². The molecule has 1 fully saturated rings. The number of anilines is 2. The number of carbonyl (C=O) groups excluding carboxylic acids is 4. The summed E-state index contributed by atoms with van der Waals surface area (Å²) in [4.78, 5) is 105. The molecule has 2 aliphatic heterocycles. The smallest absolute Gasteiger partial charge is 0.332 e. The van der Waals surface area contributed by atoms with E-state index in [1.165, 1.54) is 66.0 Å². The number of benzene rings is 1. The predicted octanol–water partition coefficient (Wildman–Crippen LogP) is -0.184. The molecule has 2 unspecified atom stereocenters. The molecule has 50 heavy (non-hydrogen) atoms. The highest BCUT2D eigenvalue weighted by molar-refractivity contribution is 6.38. The average Bonchev–Trinajstić information content (AvgIpc) is 3.68. The Bertz CT molecular complexity index is 2260. The molecule has 20 nitrogen and oxygen atoms in total. The number of nitrogens with zero attached hydrogens (tertiary/aromatic N) is 12. The van der Waals surface area contributed by atoms with Crippen molar-refractivity contribution in [3.05, 3.63) is 61.0 Å². The molecule has 0 aliphatic carbocycles. The molecule has 2 atom stereocenters. The number of rotatable bonds is 8. The maximum atomic E-state index is 13.2. The molecule has 258 valence electrons. The highest BCUT2D eigenvalue weighted by atomic mass is 35.5. The van der Waals surface area contributed by atoms with E-state index in [0.717, 1.165) is 9.47 Å². The summed E-state index contributed by atoms with van der Waals surface area (Å²) >= 11 is 12.5. The quantitative estimate of drug-likeness (QED) is 0.227. The van der Waals surface area contributed by atoms with Crippen LogP contribution in [0.4, 0.5) is 22.6 Å². The number of aromatic nitrogens is 7. The molecule has 2 aliphatic rings. The molecule has 3 aromatic heterocycles. The van der Waals surface area contributed by atoms with Gasteiger partial charge in [0.25, 0.3) is 17.4 Å². The van der Waals surface area contributed by atoms with Crippen LogP contribution in [0.2, 0.25) is 10.0 Å². The summed E-state index contributed by atoms with van der Waals surface area (Å²) in [6, 6.07) is 3.38. The van der Waals surface area contributed by atoms with E-state index in [4.69, 9.17) is 23.2 Å². The van der Waals surface area contributed by atoms with E-state index in [1.54, 1.807) is 18.2 Å². The molecule has 1 saturated heterocycles. The van der Waals surface area contributed by atoms with Crippen LogP contribution in [0.5, 0.6) is 0 Å². The number of nitrogens with one attached hydrogen (secondary N) is 2. The minimum atomic E-state index is -0.930. The van der Waals surface area contributed by atoms with Gasteiger partial charge in [0.1, 0.15) is 6.54 Å². The summed E-state index contributed by atoms with van der Waals surface area (Å²) in [6.45, 7) is -0.805. The van der Waals surface area contributed by atoms with Crippen LogP contribution < -0.4 is 21.9 Å². The van der Waals surface area contributed by atoms with Gasteiger partial charge in [-0.1, -0.05) is 29.3 Å². The van der Waals surface area contributed by atoms with Crippen molar-refractivity contribution in [3.63, 3.8) is 0 Å². The van der Waals surface area contributed by atoms with Gasteiger partial charge >= 0.3 is 11.7 Å². The van der Waals surface area contributed by atoms with Crippen molar-refractivity contribution >= 4 is 88.5 Å². The van der Waals surface area contributed by atoms with Gasteiger partial charge in [-0.15, -0.1) is 0 Å². The number of urea groups is 1. The van der Waals surface area contributed by atoms with Gasteiger partial charge in [-0.05, 0) is 12.1 Å². The Morgan fingerprint density at radius 1 is 0.920 bits per heavy atom. The van der Waals surface area contributed by atoms with Gasteiger partial charge in [0.15, 0.2) is 23.4 Å². The first-order chi connectivity index (χ1) is 23.7. The fourth-order valence-corrected chi connectivity index (χ4v) is 5.79. The zero-order valence-electron chi connectivity index (χ0n) is 26.6. The minimum absolute atomic E-state index is 0.0150. The zero-order valence-corrected chi connectivity index (χ0v) is 28.1. The Balaban J connectivity index is 1.26. The molecular weight excluding hydrogens is 699 g/mol. The second-order valence-electron chi connectivity index (χ2n) is 11.1. The molecule has 5 amide bonds. The largest absolute Gasteiger partial charge is 0.338 e. The van der Waals surface area contributed by atoms with Crippen LogP contribution in [0.25, 0.3) is 11.2 Å². The van der Waals surface area contributed by atoms with Crippen LogP contribution in [-0.2, 0) is 35.0 Å². The summed E-state index contributed by atoms with van der Waals surface area (Å²) in [5.41, 5.74) is -0.784. The van der Waals surface area contributed by atoms with Crippen LogP contribution in [0, 0.1) is 0 Å². The fraction of sp³-hybridized carbons (Fsp3) is 0.286. The lowest BCUT2D eigenvalue weighted by atomic mass is 10.1. The van der Waals surface area contributed by atoms with Crippen molar-refractivity contribution in [1.29, 1.82) is 0 Å². The minimum Gasteiger partial charge on any atom is -0.338 e. The molecule has 0 saturated carbocycles. The molecule has 6 rings (SSSR count). The van der Waals surface area contributed by atoms with Gasteiger partial charge < -0.3 is 14.4 Å². The van der Waals surface area contributed by atoms with Crippen molar-refractivity contribution < 1.29 is 19.2 Å². The lowest BCUT2D eigenvalue weighted by Crippen LogP contribution is -2.64. The van der Waals surface area contributed by atoms with Crippen LogP contribution in [-0.4, -0.2) is 117 Å². The number of hydrogen-bond donors (Lipinski definition) is 2. The molecular formula is C28H26Cl2N14O6. The summed E-state index contributed by atoms with van der Waals surface area (Å²) in [7, 11) is 5.59. The molecule has 4 aromatic rings. The number of amides is 5. The number of aryl methyl sites for hydroxylation is 1. The van der Waals surface area contributed by atoms with Gasteiger partial charge in [0.05, 0.1) is 29.3 Å². The molecule has 0 radical (unpaired) electrons. The van der Waals surface area contributed by atoms with Crippen molar-refractivity contribution in [2.24, 2.45) is 24.1 Å². The van der Waals surface area contributed by atoms with Crippen LogP contribution in [0.3, 0.4) is 0 Å². The summed E-state index contributed by atoms with van der Waals surface area (Å²) < 4.78 is 3.33. The van der Waals surface area contributed by atoms with Crippen LogP contribution in [0.1, 0.15) is 5.56 Å². The first kappa shape index (κ1) is 33.9. The fourth-order valence-electron chi connectivity index (χ4n) is 5.30. The van der Waals surface area contributed by atoms with E-state index in [-0.39, 0.29) is 45.6 Å². The highest BCUT2D eigenvalue weighted by Crippen LogP contribution is 2.25. The van der Waals surface area contributed by atoms with E-state index in [9.17, 15) is 28.8 Å². The van der Waals surface area contributed by atoms with Crippen molar-refractivity contribution in [2.75, 3.05) is 31.3 Å². The topological polar surface area (TPSA) is 227 Å². The van der Waals surface area contributed by atoms with Gasteiger partial charge in [0.2, 0.25) is 23.7 Å². The zero-order chi connectivity index (χ0) is 36.0. The van der Waals surface area contributed by atoms with Gasteiger partial charge in [-0.2, -0.15) is 15.0 Å². The first-order valence-electron chi connectivity index (χ1n) is 14.5. The lowest BCUT2D eigenvalue weighted by Gasteiger charge is -2.39. The van der Waals surface area contributed by atoms with E-state index in [0.29, 0.717) is 5.56 Å². The Labute approximate surface area is 290 Å². The second-order valence-corrected chi connectivity index (χ2v) is 11.9. The number of hydrogen-bond acceptors (Lipinski definition) is 13.